The van der Waals surface area contributed by atoms with Gasteiger partial charge in [-0.15, -0.1) is 5.10 Å². The Hall–Kier alpha value is -4.17. The van der Waals surface area contributed by atoms with Crippen molar-refractivity contribution in [3.63, 3.8) is 0 Å². The summed E-state index contributed by atoms with van der Waals surface area (Å²) in [6.45, 7) is 1.90. The van der Waals surface area contributed by atoms with Crippen LogP contribution in [0.4, 0.5) is 5.69 Å². The monoisotopic (exact) mass is 487 g/mol. The predicted molar refractivity (Wildman–Crippen MR) is 136 cm³/mol. The molecule has 0 aliphatic carbocycles. The molecule has 9 heteroatoms. The molecule has 35 heavy (non-hydrogen) atoms. The van der Waals surface area contributed by atoms with Gasteiger partial charge in [0.1, 0.15) is 6.54 Å². The number of hydrogen-bond donors (Lipinski definition) is 1. The minimum absolute atomic E-state index is 0.191. The number of rotatable bonds is 6. The number of aromatic nitrogens is 4. The molecule has 0 atom stereocenters. The Bertz CT molecular complexity index is 1690. The summed E-state index contributed by atoms with van der Waals surface area (Å²) in [6.07, 6.45) is 0.586. The second-order valence-electron chi connectivity index (χ2n) is 8.32. The summed E-state index contributed by atoms with van der Waals surface area (Å²) < 4.78 is 3.94. The second kappa shape index (κ2) is 9.23. The maximum Gasteiger partial charge on any atom is 0.352 e. The molecule has 1 amide bonds. The normalized spacial score (nSPS) is 11.3. The van der Waals surface area contributed by atoms with Crippen LogP contribution in [-0.2, 0) is 24.3 Å². The van der Waals surface area contributed by atoms with E-state index in [4.69, 9.17) is 11.6 Å². The Morgan fingerprint density at radius 2 is 1.74 bits per heavy atom. The molecule has 0 aliphatic rings. The number of halogens is 1. The van der Waals surface area contributed by atoms with Gasteiger partial charge in [-0.3, -0.25) is 14.2 Å². The van der Waals surface area contributed by atoms with Crippen LogP contribution in [-0.4, -0.2) is 24.7 Å². The van der Waals surface area contributed by atoms with Gasteiger partial charge in [-0.25, -0.2) is 13.9 Å². The van der Waals surface area contributed by atoms with Gasteiger partial charge in [-0.2, -0.15) is 0 Å². The first-order valence-corrected chi connectivity index (χ1v) is 11.5. The molecule has 0 fully saturated rings. The Kier molecular flexibility index (Phi) is 5.96. The van der Waals surface area contributed by atoms with E-state index in [0.717, 1.165) is 15.8 Å². The van der Waals surface area contributed by atoms with E-state index in [-0.39, 0.29) is 17.9 Å². The van der Waals surface area contributed by atoms with Crippen molar-refractivity contribution in [3.05, 3.63) is 110 Å². The number of carbonyl (C=O) groups excluding carboxylic acids is 1. The molecule has 0 bridgehead atoms. The van der Waals surface area contributed by atoms with Crippen molar-refractivity contribution >= 4 is 39.9 Å². The number of anilines is 1. The second-order valence-corrected chi connectivity index (χ2v) is 8.72. The zero-order chi connectivity index (χ0) is 24.5. The van der Waals surface area contributed by atoms with Gasteiger partial charge in [0, 0.05) is 6.54 Å². The average Bonchev–Trinajstić information content (AvgIpc) is 3.17. The lowest BCUT2D eigenvalue weighted by atomic mass is 10.1. The molecule has 0 aliphatic heterocycles. The fraction of sp³-hybridized carbons (Fsp3) is 0.154. The Morgan fingerprint density at radius 1 is 1.00 bits per heavy atom. The highest BCUT2D eigenvalue weighted by Gasteiger charge is 2.19. The van der Waals surface area contributed by atoms with Crippen molar-refractivity contribution in [2.75, 3.05) is 5.32 Å². The van der Waals surface area contributed by atoms with Crippen LogP contribution in [0, 0.1) is 6.92 Å². The molecule has 176 valence electrons. The van der Waals surface area contributed by atoms with Crippen molar-refractivity contribution in [1.82, 2.24) is 18.7 Å². The molecule has 5 aromatic rings. The van der Waals surface area contributed by atoms with Crippen LogP contribution in [0.3, 0.4) is 0 Å². The van der Waals surface area contributed by atoms with Gasteiger partial charge in [0.15, 0.2) is 0 Å². The van der Waals surface area contributed by atoms with Gasteiger partial charge in [0.2, 0.25) is 11.7 Å². The number of nitrogens with one attached hydrogen (secondary N) is 1. The maximum atomic E-state index is 13.3. The summed E-state index contributed by atoms with van der Waals surface area (Å²) >= 11 is 6.22. The first-order valence-electron chi connectivity index (χ1n) is 11.1. The van der Waals surface area contributed by atoms with Gasteiger partial charge in [0.25, 0.3) is 5.56 Å². The van der Waals surface area contributed by atoms with E-state index in [0.29, 0.717) is 34.6 Å². The number of benzene rings is 3. The summed E-state index contributed by atoms with van der Waals surface area (Å²) in [6, 6.07) is 21.9. The zero-order valence-electron chi connectivity index (χ0n) is 18.9. The molecule has 0 spiro atoms. The molecule has 3 aromatic carbocycles. The Morgan fingerprint density at radius 3 is 2.51 bits per heavy atom. The quantitative estimate of drug-likeness (QED) is 0.396. The van der Waals surface area contributed by atoms with E-state index in [9.17, 15) is 14.4 Å². The van der Waals surface area contributed by atoms with Crippen LogP contribution in [0.5, 0.6) is 0 Å². The topological polar surface area (TPSA) is 90.4 Å². The highest BCUT2D eigenvalue weighted by atomic mass is 35.5. The minimum atomic E-state index is -0.505. The number of para-hydroxylation sites is 1. The molecule has 8 nitrogen and oxygen atoms in total. The van der Waals surface area contributed by atoms with Gasteiger partial charge in [-0.05, 0) is 48.7 Å². The smallest absolute Gasteiger partial charge is 0.323 e. The minimum Gasteiger partial charge on any atom is -0.323 e. The van der Waals surface area contributed by atoms with E-state index in [1.165, 1.54) is 8.97 Å². The lowest BCUT2D eigenvalue weighted by molar-refractivity contribution is -0.117. The standard InChI is InChI=1S/C26H22ClN5O3/c1-17-11-12-21(20(27)15-17)28-23(33)16-31-26(35)32-22-10-6-5-9-19(22)24(34)30(25(32)29-31)14-13-18-7-3-2-4-8-18/h2-12,15H,13-14,16H2,1H3,(H,28,33). The van der Waals surface area contributed by atoms with Crippen LogP contribution in [0.2, 0.25) is 5.02 Å². The summed E-state index contributed by atoms with van der Waals surface area (Å²) in [5, 5.41) is 7.92. The van der Waals surface area contributed by atoms with E-state index in [1.54, 1.807) is 36.4 Å². The van der Waals surface area contributed by atoms with Crippen molar-refractivity contribution in [2.45, 2.75) is 26.4 Å². The third-order valence-electron chi connectivity index (χ3n) is 5.84. The number of carbonyl (C=O) groups is 1. The van der Waals surface area contributed by atoms with Gasteiger partial charge in [-0.1, -0.05) is 60.1 Å². The molecule has 2 heterocycles. The molecule has 0 saturated carbocycles. The first kappa shape index (κ1) is 22.6. The fourth-order valence-corrected chi connectivity index (χ4v) is 4.39. The van der Waals surface area contributed by atoms with Gasteiger partial charge in [0.05, 0.1) is 21.6 Å². The number of aryl methyl sites for hydroxylation is 3. The van der Waals surface area contributed by atoms with E-state index < -0.39 is 11.6 Å². The summed E-state index contributed by atoms with van der Waals surface area (Å²) in [5.74, 6) is -0.264. The molecular weight excluding hydrogens is 466 g/mol. The lowest BCUT2D eigenvalue weighted by Gasteiger charge is -2.09. The van der Waals surface area contributed by atoms with Crippen molar-refractivity contribution in [1.29, 1.82) is 0 Å². The number of amides is 1. The van der Waals surface area contributed by atoms with Crippen LogP contribution in [0.1, 0.15) is 11.1 Å². The Labute approximate surface area is 205 Å². The van der Waals surface area contributed by atoms with Crippen molar-refractivity contribution in [2.24, 2.45) is 0 Å². The van der Waals surface area contributed by atoms with Crippen LogP contribution in [0.25, 0.3) is 16.7 Å². The van der Waals surface area contributed by atoms with Crippen molar-refractivity contribution < 1.29 is 4.79 Å². The summed E-state index contributed by atoms with van der Waals surface area (Å²) in [5.41, 5.74) is 2.17. The first-order chi connectivity index (χ1) is 16.9. The molecule has 2 aromatic heterocycles. The largest absolute Gasteiger partial charge is 0.352 e. The third kappa shape index (κ3) is 4.36. The van der Waals surface area contributed by atoms with Gasteiger partial charge < -0.3 is 5.32 Å². The summed E-state index contributed by atoms with van der Waals surface area (Å²) in [4.78, 5) is 39.4. The number of nitrogens with zero attached hydrogens (tertiary/aromatic N) is 4. The summed E-state index contributed by atoms with van der Waals surface area (Å²) in [7, 11) is 0. The van der Waals surface area contributed by atoms with Crippen LogP contribution in [0.15, 0.2) is 82.4 Å². The lowest BCUT2D eigenvalue weighted by Crippen LogP contribution is -2.29. The van der Waals surface area contributed by atoms with E-state index >= 15 is 0 Å². The maximum absolute atomic E-state index is 13.3. The number of fused-ring (bicyclic) bond motifs is 3. The van der Waals surface area contributed by atoms with Gasteiger partial charge >= 0.3 is 5.69 Å². The van der Waals surface area contributed by atoms with E-state index in [1.807, 2.05) is 43.3 Å². The molecular formula is C26H22ClN5O3. The molecule has 0 unspecified atom stereocenters. The van der Waals surface area contributed by atoms with E-state index in [2.05, 4.69) is 10.4 Å². The molecule has 0 radical (unpaired) electrons. The Balaban J connectivity index is 1.55. The SMILES string of the molecule is Cc1ccc(NC(=O)Cn2nc3n(CCc4ccccc4)c(=O)c4ccccc4n3c2=O)c(Cl)c1. The highest BCUT2D eigenvalue weighted by Crippen LogP contribution is 2.22. The van der Waals surface area contributed by atoms with Crippen LogP contribution < -0.4 is 16.6 Å². The fourth-order valence-electron chi connectivity index (χ4n) is 4.10. The molecule has 5 rings (SSSR count). The third-order valence-corrected chi connectivity index (χ3v) is 6.16. The average molecular weight is 488 g/mol. The molecule has 0 saturated heterocycles. The highest BCUT2D eigenvalue weighted by molar-refractivity contribution is 6.33. The van der Waals surface area contributed by atoms with Crippen molar-refractivity contribution in [3.8, 4) is 0 Å². The molecule has 1 N–H and O–H groups in total. The predicted octanol–water partition coefficient (Wildman–Crippen LogP) is 3.65. The van der Waals surface area contributed by atoms with Crippen LogP contribution >= 0.6 is 11.6 Å². The zero-order valence-corrected chi connectivity index (χ0v) is 19.7. The number of hydrogen-bond acceptors (Lipinski definition) is 4.